The van der Waals surface area contributed by atoms with E-state index in [1.807, 2.05) is 48.2 Å². The van der Waals surface area contributed by atoms with Gasteiger partial charge >= 0.3 is 0 Å². The largest absolute Gasteiger partial charge is 0.372 e. The molecule has 1 unspecified atom stereocenters. The molecule has 2 aromatic carbocycles. The van der Waals surface area contributed by atoms with Gasteiger partial charge in [-0.15, -0.1) is 0 Å². The number of hydrogen-bond acceptors (Lipinski definition) is 2. The molecular formula is C21H26FNO2. The normalized spacial score (nSPS) is 14.8. The summed E-state index contributed by atoms with van der Waals surface area (Å²) < 4.78 is 18.8. The SMILES string of the molecule is CCCOC(CN1CCCC1=O)c1ccc(F)cc1.c1ccccc1. The van der Waals surface area contributed by atoms with E-state index in [0.717, 1.165) is 24.9 Å². The molecule has 25 heavy (non-hydrogen) atoms. The van der Waals surface area contributed by atoms with Gasteiger partial charge < -0.3 is 9.64 Å². The number of hydrogen-bond donors (Lipinski definition) is 0. The molecule has 1 fully saturated rings. The van der Waals surface area contributed by atoms with Crippen LogP contribution in [0.3, 0.4) is 0 Å². The van der Waals surface area contributed by atoms with Gasteiger partial charge in [-0.25, -0.2) is 4.39 Å². The van der Waals surface area contributed by atoms with E-state index in [2.05, 4.69) is 0 Å². The van der Waals surface area contributed by atoms with Gasteiger partial charge in [0.2, 0.25) is 5.91 Å². The third-order valence-corrected chi connectivity index (χ3v) is 3.99. The smallest absolute Gasteiger partial charge is 0.222 e. The first-order chi connectivity index (χ1) is 12.2. The third-order valence-electron chi connectivity index (χ3n) is 3.99. The van der Waals surface area contributed by atoms with Crippen LogP contribution in [0.1, 0.15) is 37.9 Å². The molecule has 1 saturated heterocycles. The molecule has 1 heterocycles. The lowest BCUT2D eigenvalue weighted by molar-refractivity contribution is -0.129. The lowest BCUT2D eigenvalue weighted by Crippen LogP contribution is -2.30. The van der Waals surface area contributed by atoms with Gasteiger partial charge in [-0.3, -0.25) is 4.79 Å². The van der Waals surface area contributed by atoms with Crippen LogP contribution in [0.15, 0.2) is 60.7 Å². The number of carbonyl (C=O) groups is 1. The van der Waals surface area contributed by atoms with Crippen molar-refractivity contribution in [2.75, 3.05) is 19.7 Å². The minimum atomic E-state index is -0.254. The summed E-state index contributed by atoms with van der Waals surface area (Å²) in [7, 11) is 0. The van der Waals surface area contributed by atoms with E-state index in [-0.39, 0.29) is 17.8 Å². The summed E-state index contributed by atoms with van der Waals surface area (Å²) in [6.45, 7) is 4.04. The van der Waals surface area contributed by atoms with Crippen molar-refractivity contribution in [2.45, 2.75) is 32.3 Å². The fraction of sp³-hybridized carbons (Fsp3) is 0.381. The predicted molar refractivity (Wildman–Crippen MR) is 97.6 cm³/mol. The first-order valence-electron chi connectivity index (χ1n) is 8.85. The Hall–Kier alpha value is -2.20. The number of carbonyl (C=O) groups excluding carboxylic acids is 1. The van der Waals surface area contributed by atoms with Crippen molar-refractivity contribution in [3.05, 3.63) is 72.0 Å². The van der Waals surface area contributed by atoms with Gasteiger partial charge in [-0.1, -0.05) is 55.5 Å². The molecule has 1 aliphatic rings. The first kappa shape index (κ1) is 19.1. The van der Waals surface area contributed by atoms with Gasteiger partial charge in [0.25, 0.3) is 0 Å². The number of ether oxygens (including phenoxy) is 1. The van der Waals surface area contributed by atoms with E-state index < -0.39 is 0 Å². The topological polar surface area (TPSA) is 29.5 Å². The molecule has 0 aromatic heterocycles. The molecule has 134 valence electrons. The Bertz CT molecular complexity index is 589. The van der Waals surface area contributed by atoms with E-state index >= 15 is 0 Å². The highest BCUT2D eigenvalue weighted by molar-refractivity contribution is 5.78. The van der Waals surface area contributed by atoms with Crippen LogP contribution in [0.2, 0.25) is 0 Å². The van der Waals surface area contributed by atoms with E-state index in [1.54, 1.807) is 12.1 Å². The number of rotatable bonds is 6. The Balaban J connectivity index is 0.000000316. The molecule has 2 aromatic rings. The van der Waals surface area contributed by atoms with Crippen LogP contribution in [0, 0.1) is 5.82 Å². The Labute approximate surface area is 149 Å². The standard InChI is InChI=1S/C15H20FNO2.C6H6/c1-2-10-19-14(11-17-9-3-4-15(17)18)12-5-7-13(16)8-6-12;1-2-4-6-5-3-1/h5-8,14H,2-4,9-11H2,1H3;1-6H. The number of amides is 1. The minimum absolute atomic E-state index is 0.164. The van der Waals surface area contributed by atoms with Crippen molar-refractivity contribution in [3.63, 3.8) is 0 Å². The number of nitrogens with zero attached hydrogens (tertiary/aromatic N) is 1. The molecule has 1 aliphatic heterocycles. The summed E-state index contributed by atoms with van der Waals surface area (Å²) >= 11 is 0. The van der Waals surface area contributed by atoms with Gasteiger partial charge in [0.15, 0.2) is 0 Å². The van der Waals surface area contributed by atoms with Crippen molar-refractivity contribution < 1.29 is 13.9 Å². The highest BCUT2D eigenvalue weighted by Crippen LogP contribution is 2.22. The second-order valence-electron chi connectivity index (χ2n) is 6.01. The summed E-state index contributed by atoms with van der Waals surface area (Å²) in [4.78, 5) is 13.5. The predicted octanol–water partition coefficient (Wildman–Crippen LogP) is 4.60. The van der Waals surface area contributed by atoms with E-state index in [0.29, 0.717) is 19.6 Å². The summed E-state index contributed by atoms with van der Waals surface area (Å²) in [5.74, 6) is -0.0672. The summed E-state index contributed by atoms with van der Waals surface area (Å²) in [5.41, 5.74) is 0.926. The number of benzene rings is 2. The van der Waals surface area contributed by atoms with Crippen LogP contribution in [0.25, 0.3) is 0 Å². The zero-order chi connectivity index (χ0) is 17.9. The molecule has 0 bridgehead atoms. The third kappa shape index (κ3) is 6.67. The van der Waals surface area contributed by atoms with E-state index in [4.69, 9.17) is 4.74 Å². The Kier molecular flexibility index (Phi) is 8.13. The lowest BCUT2D eigenvalue weighted by Gasteiger charge is -2.24. The van der Waals surface area contributed by atoms with Crippen molar-refractivity contribution in [3.8, 4) is 0 Å². The van der Waals surface area contributed by atoms with Crippen molar-refractivity contribution >= 4 is 5.91 Å². The Morgan fingerprint density at radius 3 is 2.16 bits per heavy atom. The minimum Gasteiger partial charge on any atom is -0.372 e. The monoisotopic (exact) mass is 343 g/mol. The first-order valence-corrected chi connectivity index (χ1v) is 8.85. The van der Waals surface area contributed by atoms with Crippen LogP contribution in [-0.2, 0) is 9.53 Å². The number of halogens is 1. The van der Waals surface area contributed by atoms with Crippen LogP contribution in [0.5, 0.6) is 0 Å². The van der Waals surface area contributed by atoms with Crippen LogP contribution < -0.4 is 0 Å². The molecule has 1 atom stereocenters. The van der Waals surface area contributed by atoms with Crippen LogP contribution >= 0.6 is 0 Å². The average Bonchev–Trinajstić information content (AvgIpc) is 3.06. The van der Waals surface area contributed by atoms with Gasteiger partial charge in [0.05, 0.1) is 6.54 Å². The highest BCUT2D eigenvalue weighted by atomic mass is 19.1. The van der Waals surface area contributed by atoms with Gasteiger partial charge in [0, 0.05) is 19.6 Å². The molecule has 0 spiro atoms. The van der Waals surface area contributed by atoms with Crippen LogP contribution in [-0.4, -0.2) is 30.5 Å². The molecule has 0 aliphatic carbocycles. The summed E-state index contributed by atoms with van der Waals surface area (Å²) in [6, 6.07) is 18.3. The number of likely N-dealkylation sites (tertiary alicyclic amines) is 1. The maximum Gasteiger partial charge on any atom is 0.222 e. The molecule has 0 N–H and O–H groups in total. The average molecular weight is 343 g/mol. The fourth-order valence-electron chi connectivity index (χ4n) is 2.67. The van der Waals surface area contributed by atoms with Crippen LogP contribution in [0.4, 0.5) is 4.39 Å². The molecule has 4 heteroatoms. The van der Waals surface area contributed by atoms with Gasteiger partial charge in [0.1, 0.15) is 11.9 Å². The zero-order valence-electron chi connectivity index (χ0n) is 14.7. The molecule has 0 saturated carbocycles. The second kappa shape index (κ2) is 10.6. The van der Waals surface area contributed by atoms with Crippen molar-refractivity contribution in [1.82, 2.24) is 4.90 Å². The van der Waals surface area contributed by atoms with Gasteiger partial charge in [-0.05, 0) is 30.5 Å². The molecule has 0 radical (unpaired) electrons. The molecule has 3 nitrogen and oxygen atoms in total. The second-order valence-corrected chi connectivity index (χ2v) is 6.01. The Morgan fingerprint density at radius 2 is 1.68 bits per heavy atom. The molecular weight excluding hydrogens is 317 g/mol. The zero-order valence-corrected chi connectivity index (χ0v) is 14.7. The highest BCUT2D eigenvalue weighted by Gasteiger charge is 2.24. The Morgan fingerprint density at radius 1 is 1.08 bits per heavy atom. The maximum atomic E-state index is 13.0. The molecule has 1 amide bonds. The molecule has 3 rings (SSSR count). The fourth-order valence-corrected chi connectivity index (χ4v) is 2.67. The summed E-state index contributed by atoms with van der Waals surface area (Å²) in [6.07, 6.45) is 2.31. The van der Waals surface area contributed by atoms with Crippen molar-refractivity contribution in [2.24, 2.45) is 0 Å². The van der Waals surface area contributed by atoms with Gasteiger partial charge in [-0.2, -0.15) is 0 Å². The van der Waals surface area contributed by atoms with E-state index in [1.165, 1.54) is 12.1 Å². The van der Waals surface area contributed by atoms with E-state index in [9.17, 15) is 9.18 Å². The quantitative estimate of drug-likeness (QED) is 0.767. The lowest BCUT2D eigenvalue weighted by atomic mass is 10.1. The maximum absolute atomic E-state index is 13.0. The summed E-state index contributed by atoms with van der Waals surface area (Å²) in [5, 5.41) is 0. The van der Waals surface area contributed by atoms with Crippen molar-refractivity contribution in [1.29, 1.82) is 0 Å².